The van der Waals surface area contributed by atoms with Crippen LogP contribution in [0.1, 0.15) is 12.0 Å². The third-order valence-electron chi connectivity index (χ3n) is 2.06. The van der Waals surface area contributed by atoms with Crippen LogP contribution in [-0.4, -0.2) is 22.7 Å². The minimum Gasteiger partial charge on any atom is -0.619 e. The van der Waals surface area contributed by atoms with E-state index in [1.807, 2.05) is 24.3 Å². The summed E-state index contributed by atoms with van der Waals surface area (Å²) in [6, 6.07) is 7.72. The van der Waals surface area contributed by atoms with E-state index in [2.05, 4.69) is 0 Å². The molecule has 0 saturated heterocycles. The van der Waals surface area contributed by atoms with E-state index in [0.717, 1.165) is 20.1 Å². The molecule has 0 saturated carbocycles. The summed E-state index contributed by atoms with van der Waals surface area (Å²) in [4.78, 5) is 1.93. The van der Waals surface area contributed by atoms with Gasteiger partial charge in [0, 0.05) is 17.9 Å². The lowest BCUT2D eigenvalue weighted by Gasteiger charge is -2.02. The molecule has 0 spiro atoms. The molecule has 0 amide bonds. The van der Waals surface area contributed by atoms with Crippen molar-refractivity contribution < 1.29 is 9.85 Å². The Bertz CT molecular complexity index is 426. The van der Waals surface area contributed by atoms with Crippen LogP contribution in [-0.2, 0) is 0 Å². The normalized spacial score (nSPS) is 15.0. The summed E-state index contributed by atoms with van der Waals surface area (Å²) in [5.74, 6) is 0. The van der Waals surface area contributed by atoms with Gasteiger partial charge in [0.25, 0.3) is 0 Å². The molecule has 0 unspecified atom stereocenters. The molecule has 0 fully saturated rings. The maximum absolute atomic E-state index is 11.4. The van der Waals surface area contributed by atoms with Crippen LogP contribution in [0.25, 0.3) is 0 Å². The molecule has 78 valence electrons. The predicted molar refractivity (Wildman–Crippen MR) is 60.9 cm³/mol. The summed E-state index contributed by atoms with van der Waals surface area (Å²) in [6.07, 6.45) is 3.58. The molecule has 1 aliphatic heterocycles. The minimum atomic E-state index is 0.0643. The molecule has 1 aromatic carbocycles. The molecule has 4 heteroatoms. The molecule has 1 aromatic rings. The summed E-state index contributed by atoms with van der Waals surface area (Å²) < 4.78 is 0.795. The SMILES string of the molecule is [O-][N+]1=Cc2ccccc2SC(CCO)=C1. The largest absolute Gasteiger partial charge is 0.619 e. The molecule has 3 nitrogen and oxygen atoms in total. The zero-order valence-electron chi connectivity index (χ0n) is 8.09. The summed E-state index contributed by atoms with van der Waals surface area (Å²) in [5.41, 5.74) is 0.918. The van der Waals surface area contributed by atoms with Gasteiger partial charge in [0.2, 0.25) is 0 Å². The number of hydrogen-bond acceptors (Lipinski definition) is 3. The van der Waals surface area contributed by atoms with E-state index in [0.29, 0.717) is 6.42 Å². The highest BCUT2D eigenvalue weighted by atomic mass is 32.2. The van der Waals surface area contributed by atoms with E-state index in [-0.39, 0.29) is 6.61 Å². The van der Waals surface area contributed by atoms with Crippen molar-refractivity contribution in [2.45, 2.75) is 11.3 Å². The average Bonchev–Trinajstić information content (AvgIpc) is 2.35. The predicted octanol–water partition coefficient (Wildman–Crippen LogP) is 1.95. The molecule has 0 aromatic heterocycles. The first-order valence-electron chi connectivity index (χ1n) is 4.68. The second-order valence-electron chi connectivity index (χ2n) is 3.20. The van der Waals surface area contributed by atoms with E-state index in [1.165, 1.54) is 18.0 Å². The van der Waals surface area contributed by atoms with Crippen LogP contribution < -0.4 is 0 Å². The van der Waals surface area contributed by atoms with Crippen LogP contribution in [0.15, 0.2) is 40.3 Å². The summed E-state index contributed by atoms with van der Waals surface area (Å²) in [7, 11) is 0. The molecule has 0 radical (unpaired) electrons. The number of fused-ring (bicyclic) bond motifs is 1. The Morgan fingerprint density at radius 1 is 1.33 bits per heavy atom. The van der Waals surface area contributed by atoms with Crippen molar-refractivity contribution in [2.75, 3.05) is 6.61 Å². The topological polar surface area (TPSA) is 46.3 Å². The van der Waals surface area contributed by atoms with Crippen LogP contribution in [0.5, 0.6) is 0 Å². The summed E-state index contributed by atoms with van der Waals surface area (Å²) in [5, 5.41) is 20.3. The Balaban J connectivity index is 2.37. The molecule has 0 bridgehead atoms. The Labute approximate surface area is 92.3 Å². The third kappa shape index (κ3) is 2.40. The number of benzene rings is 1. The van der Waals surface area contributed by atoms with Crippen molar-refractivity contribution in [3.05, 3.63) is 46.1 Å². The van der Waals surface area contributed by atoms with Gasteiger partial charge in [0.1, 0.15) is 0 Å². The molecule has 15 heavy (non-hydrogen) atoms. The highest BCUT2D eigenvalue weighted by Gasteiger charge is 2.12. The highest BCUT2D eigenvalue weighted by molar-refractivity contribution is 8.03. The Kier molecular flexibility index (Phi) is 3.08. The van der Waals surface area contributed by atoms with Gasteiger partial charge in [-0.25, -0.2) is 0 Å². The van der Waals surface area contributed by atoms with Crippen molar-refractivity contribution in [1.82, 2.24) is 0 Å². The lowest BCUT2D eigenvalue weighted by atomic mass is 10.2. The summed E-state index contributed by atoms with van der Waals surface area (Å²) in [6.45, 7) is 0.0643. The van der Waals surface area contributed by atoms with E-state index >= 15 is 0 Å². The number of thioether (sulfide) groups is 1. The zero-order valence-corrected chi connectivity index (χ0v) is 8.91. The standard InChI is InChI=1S/C11H11NO2S/c13-6-5-10-8-12(14)7-9-3-1-2-4-11(9)15-10/h1-4,7-8,13H,5-6H2. The van der Waals surface area contributed by atoms with E-state index in [1.54, 1.807) is 6.21 Å². The smallest absolute Gasteiger partial charge is 0.190 e. The van der Waals surface area contributed by atoms with Crippen molar-refractivity contribution in [3.8, 4) is 0 Å². The van der Waals surface area contributed by atoms with Crippen molar-refractivity contribution in [2.24, 2.45) is 0 Å². The number of rotatable bonds is 2. The molecule has 0 aliphatic carbocycles. The third-order valence-corrected chi connectivity index (χ3v) is 3.22. The van der Waals surface area contributed by atoms with Gasteiger partial charge in [-0.1, -0.05) is 23.9 Å². The first-order chi connectivity index (χ1) is 7.29. The number of hydrogen-bond donors (Lipinski definition) is 1. The van der Waals surface area contributed by atoms with Gasteiger partial charge in [-0.2, -0.15) is 4.74 Å². The van der Waals surface area contributed by atoms with Crippen LogP contribution >= 0.6 is 11.8 Å². The molecule has 1 aliphatic rings. The molecular formula is C11H11NO2S. The molecule has 1 N–H and O–H groups in total. The molecular weight excluding hydrogens is 210 g/mol. The minimum absolute atomic E-state index is 0.0643. The second-order valence-corrected chi connectivity index (χ2v) is 4.37. The van der Waals surface area contributed by atoms with Crippen molar-refractivity contribution in [1.29, 1.82) is 0 Å². The van der Waals surface area contributed by atoms with E-state index in [4.69, 9.17) is 5.11 Å². The van der Waals surface area contributed by atoms with E-state index in [9.17, 15) is 5.21 Å². The number of hydroxylamine groups is 1. The Morgan fingerprint density at radius 3 is 2.93 bits per heavy atom. The maximum Gasteiger partial charge on any atom is 0.190 e. The first kappa shape index (κ1) is 10.3. The molecule has 1 heterocycles. The lowest BCUT2D eigenvalue weighted by Crippen LogP contribution is -1.96. The van der Waals surface area contributed by atoms with Crippen LogP contribution in [0.2, 0.25) is 0 Å². The van der Waals surface area contributed by atoms with Gasteiger partial charge in [0.05, 0.1) is 10.5 Å². The first-order valence-corrected chi connectivity index (χ1v) is 5.50. The fourth-order valence-corrected chi connectivity index (χ4v) is 2.41. The fraction of sp³-hybridized carbons (Fsp3) is 0.182. The monoisotopic (exact) mass is 221 g/mol. The maximum atomic E-state index is 11.4. The van der Waals surface area contributed by atoms with Crippen LogP contribution in [0.3, 0.4) is 0 Å². The van der Waals surface area contributed by atoms with Gasteiger partial charge in [-0.05, 0) is 12.1 Å². The highest BCUT2D eigenvalue weighted by Crippen LogP contribution is 2.32. The molecule has 2 rings (SSSR count). The fourth-order valence-electron chi connectivity index (χ4n) is 1.39. The van der Waals surface area contributed by atoms with Gasteiger partial charge in [-0.15, -0.1) is 0 Å². The Hall–Kier alpha value is -1.26. The van der Waals surface area contributed by atoms with Crippen molar-refractivity contribution >= 4 is 18.0 Å². The second kappa shape index (κ2) is 4.51. The van der Waals surface area contributed by atoms with Crippen molar-refractivity contribution in [3.63, 3.8) is 0 Å². The quantitative estimate of drug-likeness (QED) is 0.613. The number of aliphatic hydroxyl groups excluding tert-OH is 1. The van der Waals surface area contributed by atoms with Gasteiger partial charge < -0.3 is 10.3 Å². The number of nitrogens with zero attached hydrogens (tertiary/aromatic N) is 1. The molecule has 0 atom stereocenters. The lowest BCUT2D eigenvalue weighted by molar-refractivity contribution is -0.372. The zero-order chi connectivity index (χ0) is 10.7. The van der Waals surface area contributed by atoms with E-state index < -0.39 is 0 Å². The summed E-state index contributed by atoms with van der Waals surface area (Å²) >= 11 is 1.53. The van der Waals surface area contributed by atoms with Gasteiger partial charge in [-0.3, -0.25) is 0 Å². The van der Waals surface area contributed by atoms with Crippen LogP contribution in [0, 0.1) is 5.21 Å². The number of aliphatic hydroxyl groups is 1. The van der Waals surface area contributed by atoms with Crippen LogP contribution in [0.4, 0.5) is 0 Å². The van der Waals surface area contributed by atoms with Gasteiger partial charge in [0.15, 0.2) is 12.4 Å². The average molecular weight is 221 g/mol. The van der Waals surface area contributed by atoms with Gasteiger partial charge >= 0.3 is 0 Å². The Morgan fingerprint density at radius 2 is 2.13 bits per heavy atom.